The van der Waals surface area contributed by atoms with Crippen LogP contribution in [-0.4, -0.2) is 13.0 Å². The molecule has 0 spiro atoms. The quantitative estimate of drug-likeness (QED) is 0.735. The van der Waals surface area contributed by atoms with Crippen molar-refractivity contribution in [2.45, 2.75) is 13.5 Å². The minimum absolute atomic E-state index is 0.155. The number of carbonyl (C=O) groups excluding carboxylic acids is 1. The predicted octanol–water partition coefficient (Wildman–Crippen LogP) is 2.14. The van der Waals surface area contributed by atoms with Crippen LogP contribution in [0.5, 0.6) is 0 Å². The van der Waals surface area contributed by atoms with Crippen LogP contribution < -0.4 is 16.4 Å². The van der Waals surface area contributed by atoms with E-state index in [9.17, 15) is 4.79 Å². The largest absolute Gasteiger partial charge is 0.465 e. The molecule has 0 aliphatic heterocycles. The van der Waals surface area contributed by atoms with E-state index < -0.39 is 0 Å². The van der Waals surface area contributed by atoms with Gasteiger partial charge in [0.1, 0.15) is 11.5 Å². The second-order valence-electron chi connectivity index (χ2n) is 4.25. The molecule has 1 aromatic carbocycles. The number of furan rings is 1. The number of rotatable bonds is 4. The molecular weight excluding hydrogens is 242 g/mol. The van der Waals surface area contributed by atoms with Crippen LogP contribution in [0.3, 0.4) is 0 Å². The van der Waals surface area contributed by atoms with Crippen molar-refractivity contribution in [2.24, 2.45) is 0 Å². The van der Waals surface area contributed by atoms with Crippen molar-refractivity contribution in [3.63, 3.8) is 0 Å². The van der Waals surface area contributed by atoms with Crippen LogP contribution in [0.25, 0.3) is 0 Å². The van der Waals surface area contributed by atoms with Crippen molar-refractivity contribution in [1.29, 1.82) is 0 Å². The van der Waals surface area contributed by atoms with E-state index in [1.165, 1.54) is 0 Å². The molecule has 0 saturated carbocycles. The van der Waals surface area contributed by atoms with Gasteiger partial charge in [-0.15, -0.1) is 0 Å². The summed E-state index contributed by atoms with van der Waals surface area (Å²) in [5, 5.41) is 5.76. The molecule has 2 rings (SSSR count). The first-order valence-corrected chi connectivity index (χ1v) is 6.01. The number of anilines is 2. The Labute approximate surface area is 111 Å². The van der Waals surface area contributed by atoms with Gasteiger partial charge in [0, 0.05) is 18.4 Å². The number of nitrogen functional groups attached to an aromatic ring is 1. The summed E-state index contributed by atoms with van der Waals surface area (Å²) in [4.78, 5) is 11.7. The minimum Gasteiger partial charge on any atom is -0.465 e. The van der Waals surface area contributed by atoms with Crippen LogP contribution >= 0.6 is 0 Å². The van der Waals surface area contributed by atoms with Crippen LogP contribution in [0.1, 0.15) is 21.9 Å². The molecule has 2 aromatic rings. The van der Waals surface area contributed by atoms with E-state index in [1.54, 1.807) is 25.2 Å². The van der Waals surface area contributed by atoms with E-state index in [0.717, 1.165) is 11.5 Å². The molecule has 0 saturated heterocycles. The number of hydrogen-bond donors (Lipinski definition) is 3. The maximum absolute atomic E-state index is 11.7. The van der Waals surface area contributed by atoms with E-state index in [4.69, 9.17) is 10.2 Å². The number of benzene rings is 1. The fourth-order valence-electron chi connectivity index (χ4n) is 1.80. The predicted molar refractivity (Wildman–Crippen MR) is 75.0 cm³/mol. The van der Waals surface area contributed by atoms with E-state index in [0.29, 0.717) is 23.5 Å². The molecule has 100 valence electrons. The summed E-state index contributed by atoms with van der Waals surface area (Å²) >= 11 is 0. The first kappa shape index (κ1) is 13.0. The summed E-state index contributed by atoms with van der Waals surface area (Å²) in [5.74, 6) is 1.51. The molecule has 4 N–H and O–H groups in total. The normalized spacial score (nSPS) is 10.2. The Morgan fingerprint density at radius 2 is 2.11 bits per heavy atom. The highest BCUT2D eigenvalue weighted by atomic mass is 16.3. The molecule has 0 aliphatic carbocycles. The number of nitrogens with two attached hydrogens (primary N) is 1. The van der Waals surface area contributed by atoms with E-state index in [1.807, 2.05) is 19.1 Å². The third-order valence-electron chi connectivity index (χ3n) is 2.76. The number of hydrogen-bond acceptors (Lipinski definition) is 4. The molecule has 0 atom stereocenters. The average molecular weight is 259 g/mol. The fourth-order valence-corrected chi connectivity index (χ4v) is 1.80. The lowest BCUT2D eigenvalue weighted by Crippen LogP contribution is -2.19. The van der Waals surface area contributed by atoms with Crippen LogP contribution in [0, 0.1) is 6.92 Å². The zero-order valence-electron chi connectivity index (χ0n) is 11.0. The van der Waals surface area contributed by atoms with Gasteiger partial charge in [-0.05, 0) is 37.3 Å². The molecule has 0 radical (unpaired) electrons. The van der Waals surface area contributed by atoms with Crippen LogP contribution in [0.4, 0.5) is 11.4 Å². The van der Waals surface area contributed by atoms with Gasteiger partial charge < -0.3 is 20.8 Å². The van der Waals surface area contributed by atoms with Gasteiger partial charge in [-0.2, -0.15) is 0 Å². The lowest BCUT2D eigenvalue weighted by Gasteiger charge is -2.11. The summed E-state index contributed by atoms with van der Waals surface area (Å²) in [7, 11) is 1.60. The topological polar surface area (TPSA) is 80.3 Å². The molecular formula is C14H17N3O2. The van der Waals surface area contributed by atoms with Crippen molar-refractivity contribution < 1.29 is 9.21 Å². The van der Waals surface area contributed by atoms with Gasteiger partial charge in [0.15, 0.2) is 0 Å². The van der Waals surface area contributed by atoms with E-state index in [2.05, 4.69) is 10.6 Å². The van der Waals surface area contributed by atoms with Crippen LogP contribution in [0.15, 0.2) is 34.7 Å². The standard InChI is InChI=1S/C14H17N3O2/c1-9-3-5-11(19-9)8-17-13-7-10(15)4-6-12(13)14(18)16-2/h3-7,17H,8,15H2,1-2H3,(H,16,18). The Hall–Kier alpha value is -2.43. The molecule has 5 heteroatoms. The number of carbonyl (C=O) groups is 1. The van der Waals surface area contributed by atoms with Crippen molar-refractivity contribution >= 4 is 17.3 Å². The van der Waals surface area contributed by atoms with Gasteiger partial charge in [0.05, 0.1) is 12.1 Å². The van der Waals surface area contributed by atoms with Crippen molar-refractivity contribution in [1.82, 2.24) is 5.32 Å². The zero-order valence-corrected chi connectivity index (χ0v) is 11.0. The van der Waals surface area contributed by atoms with Gasteiger partial charge in [-0.25, -0.2) is 0 Å². The maximum Gasteiger partial charge on any atom is 0.253 e. The highest BCUT2D eigenvalue weighted by Crippen LogP contribution is 2.20. The molecule has 0 fully saturated rings. The molecule has 0 aliphatic rings. The van der Waals surface area contributed by atoms with Gasteiger partial charge in [0.25, 0.3) is 5.91 Å². The Morgan fingerprint density at radius 3 is 2.74 bits per heavy atom. The molecule has 1 aromatic heterocycles. The lowest BCUT2D eigenvalue weighted by atomic mass is 10.1. The first-order chi connectivity index (χ1) is 9.10. The third kappa shape index (κ3) is 3.07. The van der Waals surface area contributed by atoms with Crippen molar-refractivity contribution in [2.75, 3.05) is 18.1 Å². The fraction of sp³-hybridized carbons (Fsp3) is 0.214. The second kappa shape index (κ2) is 5.48. The van der Waals surface area contributed by atoms with Gasteiger partial charge >= 0.3 is 0 Å². The average Bonchev–Trinajstić information content (AvgIpc) is 2.81. The Bertz CT molecular complexity index is 590. The molecule has 0 unspecified atom stereocenters. The summed E-state index contributed by atoms with van der Waals surface area (Å²) in [6.45, 7) is 2.39. The van der Waals surface area contributed by atoms with Crippen molar-refractivity contribution in [3.05, 3.63) is 47.4 Å². The summed E-state index contributed by atoms with van der Waals surface area (Å²) in [5.41, 5.74) is 7.59. The number of amides is 1. The van der Waals surface area contributed by atoms with E-state index in [-0.39, 0.29) is 5.91 Å². The maximum atomic E-state index is 11.7. The van der Waals surface area contributed by atoms with Gasteiger partial charge in [-0.3, -0.25) is 4.79 Å². The molecule has 5 nitrogen and oxygen atoms in total. The minimum atomic E-state index is -0.155. The SMILES string of the molecule is CNC(=O)c1ccc(N)cc1NCc1ccc(C)o1. The van der Waals surface area contributed by atoms with E-state index >= 15 is 0 Å². The molecule has 19 heavy (non-hydrogen) atoms. The molecule has 0 bridgehead atoms. The first-order valence-electron chi connectivity index (χ1n) is 6.01. The third-order valence-corrected chi connectivity index (χ3v) is 2.76. The monoisotopic (exact) mass is 259 g/mol. The number of nitrogens with one attached hydrogen (secondary N) is 2. The van der Waals surface area contributed by atoms with Crippen LogP contribution in [0.2, 0.25) is 0 Å². The lowest BCUT2D eigenvalue weighted by molar-refractivity contribution is 0.0964. The Kier molecular flexibility index (Phi) is 3.75. The highest BCUT2D eigenvalue weighted by Gasteiger charge is 2.10. The van der Waals surface area contributed by atoms with Crippen molar-refractivity contribution in [3.8, 4) is 0 Å². The highest BCUT2D eigenvalue weighted by molar-refractivity contribution is 6.00. The van der Waals surface area contributed by atoms with Gasteiger partial charge in [-0.1, -0.05) is 0 Å². The van der Waals surface area contributed by atoms with Crippen LogP contribution in [-0.2, 0) is 6.54 Å². The molecule has 1 amide bonds. The second-order valence-corrected chi connectivity index (χ2v) is 4.25. The summed E-state index contributed by atoms with van der Waals surface area (Å²) < 4.78 is 5.47. The summed E-state index contributed by atoms with van der Waals surface area (Å²) in [6.07, 6.45) is 0. The zero-order chi connectivity index (χ0) is 13.8. The smallest absolute Gasteiger partial charge is 0.253 e. The Balaban J connectivity index is 2.18. The van der Waals surface area contributed by atoms with Gasteiger partial charge in [0.2, 0.25) is 0 Å². The number of aryl methyl sites for hydroxylation is 1. The molecule has 1 heterocycles. The Morgan fingerprint density at radius 1 is 1.32 bits per heavy atom. The summed E-state index contributed by atoms with van der Waals surface area (Å²) in [6, 6.07) is 8.93.